The van der Waals surface area contributed by atoms with Crippen LogP contribution in [0.2, 0.25) is 0 Å². The molecule has 0 unspecified atom stereocenters. The second-order valence-corrected chi connectivity index (χ2v) is 6.69. The number of nitrogens with zero attached hydrogens (tertiary/aromatic N) is 2. The van der Waals surface area contributed by atoms with Gasteiger partial charge in [-0.1, -0.05) is 18.3 Å². The summed E-state index contributed by atoms with van der Waals surface area (Å²) in [7, 11) is 4.32. The van der Waals surface area contributed by atoms with E-state index >= 15 is 0 Å². The van der Waals surface area contributed by atoms with Gasteiger partial charge in [0.25, 0.3) is 0 Å². The molecule has 0 aromatic heterocycles. The lowest BCUT2D eigenvalue weighted by Gasteiger charge is -2.37. The Balaban J connectivity index is 2.24. The van der Waals surface area contributed by atoms with Gasteiger partial charge in [-0.15, -0.1) is 11.8 Å². The highest BCUT2D eigenvalue weighted by Crippen LogP contribution is 2.31. The monoisotopic (exact) mass is 309 g/mol. The summed E-state index contributed by atoms with van der Waals surface area (Å²) >= 11 is 6.97. The largest absolute Gasteiger partial charge is 0.389 e. The first-order chi connectivity index (χ1) is 9.54. The van der Waals surface area contributed by atoms with E-state index in [1.165, 1.54) is 23.4 Å². The van der Waals surface area contributed by atoms with E-state index < -0.39 is 0 Å². The van der Waals surface area contributed by atoms with Crippen molar-refractivity contribution in [3.05, 3.63) is 23.8 Å². The predicted molar refractivity (Wildman–Crippen MR) is 93.0 cm³/mol. The third-order valence-corrected chi connectivity index (χ3v) is 4.99. The van der Waals surface area contributed by atoms with E-state index in [4.69, 9.17) is 18.0 Å². The molecule has 1 saturated heterocycles. The highest BCUT2D eigenvalue weighted by atomic mass is 32.2. The van der Waals surface area contributed by atoms with Gasteiger partial charge in [0.05, 0.1) is 0 Å². The molecule has 5 heteroatoms. The molecule has 1 aliphatic rings. The Labute approximate surface area is 131 Å². The van der Waals surface area contributed by atoms with Gasteiger partial charge in [-0.3, -0.25) is 0 Å². The maximum atomic E-state index is 5.96. The van der Waals surface area contributed by atoms with Crippen molar-refractivity contribution < 1.29 is 0 Å². The minimum Gasteiger partial charge on any atom is -0.389 e. The number of rotatable bonds is 4. The standard InChI is InChI=1S/C15H23N3S2/c1-17(2)11-7-9-18(10-8-11)12-5-4-6-13(20-3)14(12)15(16)19/h4-6,11H,7-10H2,1-3H3,(H2,16,19). The highest BCUT2D eigenvalue weighted by molar-refractivity contribution is 7.98. The Morgan fingerprint density at radius 2 is 2.00 bits per heavy atom. The van der Waals surface area contributed by atoms with Crippen molar-refractivity contribution in [2.24, 2.45) is 5.73 Å². The van der Waals surface area contributed by atoms with Crippen molar-refractivity contribution in [3.63, 3.8) is 0 Å². The highest BCUT2D eigenvalue weighted by Gasteiger charge is 2.23. The fourth-order valence-electron chi connectivity index (χ4n) is 2.82. The summed E-state index contributed by atoms with van der Waals surface area (Å²) < 4.78 is 0. The van der Waals surface area contributed by atoms with E-state index in [-0.39, 0.29) is 0 Å². The molecule has 0 aliphatic carbocycles. The normalized spacial score (nSPS) is 16.7. The molecular weight excluding hydrogens is 286 g/mol. The van der Waals surface area contributed by atoms with Crippen LogP contribution in [0.1, 0.15) is 18.4 Å². The van der Waals surface area contributed by atoms with Crippen LogP contribution in [0, 0.1) is 0 Å². The Morgan fingerprint density at radius 3 is 2.50 bits per heavy atom. The van der Waals surface area contributed by atoms with Gasteiger partial charge >= 0.3 is 0 Å². The van der Waals surface area contributed by atoms with Crippen LogP contribution in [-0.2, 0) is 0 Å². The molecule has 0 spiro atoms. The Hall–Kier alpha value is -0.780. The van der Waals surface area contributed by atoms with Crippen molar-refractivity contribution in [2.45, 2.75) is 23.8 Å². The average molecular weight is 310 g/mol. The van der Waals surface area contributed by atoms with Gasteiger partial charge < -0.3 is 15.5 Å². The van der Waals surface area contributed by atoms with E-state index in [0.717, 1.165) is 18.7 Å². The van der Waals surface area contributed by atoms with Crippen molar-refractivity contribution in [1.29, 1.82) is 0 Å². The molecule has 1 aromatic carbocycles. The molecule has 1 aliphatic heterocycles. The number of hydrogen-bond acceptors (Lipinski definition) is 4. The van der Waals surface area contributed by atoms with Gasteiger partial charge in [0.2, 0.25) is 0 Å². The fraction of sp³-hybridized carbons (Fsp3) is 0.533. The number of piperidine rings is 1. The lowest BCUT2D eigenvalue weighted by molar-refractivity contribution is 0.249. The molecule has 0 radical (unpaired) electrons. The summed E-state index contributed by atoms with van der Waals surface area (Å²) in [6.45, 7) is 2.13. The van der Waals surface area contributed by atoms with Crippen molar-refractivity contribution in [3.8, 4) is 0 Å². The minimum absolute atomic E-state index is 0.500. The van der Waals surface area contributed by atoms with Crippen molar-refractivity contribution >= 4 is 34.7 Å². The molecule has 2 rings (SSSR count). The van der Waals surface area contributed by atoms with Crippen molar-refractivity contribution in [2.75, 3.05) is 38.3 Å². The van der Waals surface area contributed by atoms with Gasteiger partial charge in [0.1, 0.15) is 4.99 Å². The molecule has 1 fully saturated rings. The summed E-state index contributed by atoms with van der Waals surface area (Å²) in [5.41, 5.74) is 8.19. The van der Waals surface area contributed by atoms with Gasteiger partial charge in [-0.25, -0.2) is 0 Å². The van der Waals surface area contributed by atoms with Crippen LogP contribution in [0.3, 0.4) is 0 Å². The first-order valence-corrected chi connectivity index (χ1v) is 8.56. The lowest BCUT2D eigenvalue weighted by Crippen LogP contribution is -2.42. The number of nitrogens with two attached hydrogens (primary N) is 1. The number of thiocarbonyl (C=S) groups is 1. The number of benzene rings is 1. The van der Waals surface area contributed by atoms with Gasteiger partial charge in [0, 0.05) is 35.3 Å². The molecular formula is C15H23N3S2. The SMILES string of the molecule is CSc1cccc(N2CCC(N(C)C)CC2)c1C(N)=S. The van der Waals surface area contributed by atoms with E-state index in [1.54, 1.807) is 11.8 Å². The lowest BCUT2D eigenvalue weighted by atomic mass is 10.0. The van der Waals surface area contributed by atoms with E-state index in [1.807, 2.05) is 0 Å². The molecule has 0 atom stereocenters. The first kappa shape index (κ1) is 15.6. The van der Waals surface area contributed by atoms with Crippen LogP contribution in [0.15, 0.2) is 23.1 Å². The van der Waals surface area contributed by atoms with Crippen LogP contribution in [0.5, 0.6) is 0 Å². The molecule has 0 saturated carbocycles. The average Bonchev–Trinajstić information content (AvgIpc) is 2.46. The third-order valence-electron chi connectivity index (χ3n) is 4.01. The summed E-state index contributed by atoms with van der Waals surface area (Å²) in [6, 6.07) is 7.02. The summed E-state index contributed by atoms with van der Waals surface area (Å²) in [4.78, 5) is 6.42. The second kappa shape index (κ2) is 6.78. The van der Waals surface area contributed by atoms with Crippen LogP contribution in [-0.4, -0.2) is 49.4 Å². The maximum absolute atomic E-state index is 5.96. The Kier molecular flexibility index (Phi) is 5.29. The topological polar surface area (TPSA) is 32.5 Å². The number of anilines is 1. The van der Waals surface area contributed by atoms with Crippen LogP contribution >= 0.6 is 24.0 Å². The molecule has 1 heterocycles. The Morgan fingerprint density at radius 1 is 1.35 bits per heavy atom. The zero-order chi connectivity index (χ0) is 14.7. The fourth-order valence-corrected chi connectivity index (χ4v) is 3.74. The van der Waals surface area contributed by atoms with Gasteiger partial charge in [-0.2, -0.15) is 0 Å². The van der Waals surface area contributed by atoms with E-state index in [0.29, 0.717) is 11.0 Å². The molecule has 2 N–H and O–H groups in total. The molecule has 3 nitrogen and oxygen atoms in total. The quantitative estimate of drug-likeness (QED) is 0.683. The van der Waals surface area contributed by atoms with Crippen LogP contribution < -0.4 is 10.6 Å². The van der Waals surface area contributed by atoms with Crippen LogP contribution in [0.25, 0.3) is 0 Å². The second-order valence-electron chi connectivity index (χ2n) is 5.40. The first-order valence-electron chi connectivity index (χ1n) is 6.92. The molecule has 20 heavy (non-hydrogen) atoms. The molecule has 0 bridgehead atoms. The Bertz CT molecular complexity index is 480. The number of thioether (sulfide) groups is 1. The minimum atomic E-state index is 0.500. The zero-order valence-electron chi connectivity index (χ0n) is 12.4. The van der Waals surface area contributed by atoms with Gasteiger partial charge in [-0.05, 0) is 45.3 Å². The summed E-state index contributed by atoms with van der Waals surface area (Å²) in [5, 5.41) is 0. The van der Waals surface area contributed by atoms with Crippen LogP contribution in [0.4, 0.5) is 5.69 Å². The number of hydrogen-bond donors (Lipinski definition) is 1. The summed E-state index contributed by atoms with van der Waals surface area (Å²) in [5.74, 6) is 0. The maximum Gasteiger partial charge on any atom is 0.107 e. The van der Waals surface area contributed by atoms with E-state index in [2.05, 4.69) is 48.4 Å². The molecule has 110 valence electrons. The van der Waals surface area contributed by atoms with E-state index in [9.17, 15) is 0 Å². The molecule has 0 amide bonds. The zero-order valence-corrected chi connectivity index (χ0v) is 14.1. The summed E-state index contributed by atoms with van der Waals surface area (Å²) in [6.07, 6.45) is 4.44. The third kappa shape index (κ3) is 3.27. The van der Waals surface area contributed by atoms with Gasteiger partial charge in [0.15, 0.2) is 0 Å². The molecule has 1 aromatic rings. The smallest absolute Gasteiger partial charge is 0.107 e. The van der Waals surface area contributed by atoms with Crippen molar-refractivity contribution in [1.82, 2.24) is 4.90 Å². The predicted octanol–water partition coefficient (Wildman–Crippen LogP) is 2.57.